The SMILES string of the molecule is CC1CCNC(C(=O)NC(C)C2CCCC2)C1. The van der Waals surface area contributed by atoms with Gasteiger partial charge in [-0.1, -0.05) is 19.8 Å². The van der Waals surface area contributed by atoms with Gasteiger partial charge in [0.1, 0.15) is 0 Å². The molecule has 3 unspecified atom stereocenters. The molecule has 1 aliphatic heterocycles. The average molecular weight is 238 g/mol. The van der Waals surface area contributed by atoms with Crippen LogP contribution in [0.4, 0.5) is 0 Å². The lowest BCUT2D eigenvalue weighted by Gasteiger charge is -2.29. The predicted molar refractivity (Wildman–Crippen MR) is 69.8 cm³/mol. The summed E-state index contributed by atoms with van der Waals surface area (Å²) >= 11 is 0. The maximum absolute atomic E-state index is 12.1. The first-order valence-corrected chi connectivity index (χ1v) is 7.20. The van der Waals surface area contributed by atoms with Crippen molar-refractivity contribution in [1.82, 2.24) is 10.6 Å². The molecule has 2 aliphatic rings. The Kier molecular flexibility index (Phi) is 4.43. The molecule has 1 aliphatic carbocycles. The van der Waals surface area contributed by atoms with Gasteiger partial charge in [-0.2, -0.15) is 0 Å². The highest BCUT2D eigenvalue weighted by Crippen LogP contribution is 2.27. The molecule has 1 heterocycles. The van der Waals surface area contributed by atoms with Crippen LogP contribution in [0.15, 0.2) is 0 Å². The number of hydrogen-bond donors (Lipinski definition) is 2. The average Bonchev–Trinajstić information content (AvgIpc) is 2.82. The number of hydrogen-bond acceptors (Lipinski definition) is 2. The van der Waals surface area contributed by atoms with Gasteiger partial charge in [-0.3, -0.25) is 4.79 Å². The molecule has 0 radical (unpaired) electrons. The van der Waals surface area contributed by atoms with Gasteiger partial charge >= 0.3 is 0 Å². The molecule has 0 bridgehead atoms. The van der Waals surface area contributed by atoms with E-state index < -0.39 is 0 Å². The van der Waals surface area contributed by atoms with E-state index in [0.717, 1.165) is 13.0 Å². The molecule has 2 fully saturated rings. The first-order valence-electron chi connectivity index (χ1n) is 7.20. The quantitative estimate of drug-likeness (QED) is 0.790. The zero-order valence-corrected chi connectivity index (χ0v) is 11.2. The van der Waals surface area contributed by atoms with Crippen LogP contribution in [0.25, 0.3) is 0 Å². The summed E-state index contributed by atoms with van der Waals surface area (Å²) in [6.45, 7) is 5.39. The summed E-state index contributed by atoms with van der Waals surface area (Å²) in [5, 5.41) is 6.54. The molecular formula is C14H26N2O. The van der Waals surface area contributed by atoms with Crippen LogP contribution in [-0.2, 0) is 4.79 Å². The highest BCUT2D eigenvalue weighted by atomic mass is 16.2. The number of nitrogens with one attached hydrogen (secondary N) is 2. The van der Waals surface area contributed by atoms with Crippen LogP contribution in [0.5, 0.6) is 0 Å². The molecule has 98 valence electrons. The Morgan fingerprint density at radius 1 is 1.29 bits per heavy atom. The Morgan fingerprint density at radius 3 is 2.65 bits per heavy atom. The maximum Gasteiger partial charge on any atom is 0.237 e. The largest absolute Gasteiger partial charge is 0.352 e. The van der Waals surface area contributed by atoms with Crippen molar-refractivity contribution in [2.24, 2.45) is 11.8 Å². The molecule has 0 aromatic rings. The van der Waals surface area contributed by atoms with Gasteiger partial charge in [0, 0.05) is 6.04 Å². The van der Waals surface area contributed by atoms with Crippen LogP contribution in [0.3, 0.4) is 0 Å². The molecule has 2 N–H and O–H groups in total. The van der Waals surface area contributed by atoms with Gasteiger partial charge in [0.2, 0.25) is 5.91 Å². The van der Waals surface area contributed by atoms with Gasteiger partial charge in [-0.05, 0) is 51.0 Å². The van der Waals surface area contributed by atoms with Crippen LogP contribution in [0.2, 0.25) is 0 Å². The topological polar surface area (TPSA) is 41.1 Å². The van der Waals surface area contributed by atoms with Crippen molar-refractivity contribution in [1.29, 1.82) is 0 Å². The molecular weight excluding hydrogens is 212 g/mol. The summed E-state index contributed by atoms with van der Waals surface area (Å²) in [6, 6.07) is 0.395. The van der Waals surface area contributed by atoms with E-state index in [2.05, 4.69) is 24.5 Å². The monoisotopic (exact) mass is 238 g/mol. The van der Waals surface area contributed by atoms with Crippen molar-refractivity contribution >= 4 is 5.91 Å². The molecule has 0 aromatic heterocycles. The fourth-order valence-corrected chi connectivity index (χ4v) is 3.21. The van der Waals surface area contributed by atoms with Gasteiger partial charge in [0.05, 0.1) is 6.04 Å². The molecule has 1 saturated carbocycles. The normalized spacial score (nSPS) is 32.4. The van der Waals surface area contributed by atoms with Crippen molar-refractivity contribution in [3.05, 3.63) is 0 Å². The smallest absolute Gasteiger partial charge is 0.237 e. The van der Waals surface area contributed by atoms with E-state index in [1.165, 1.54) is 32.1 Å². The summed E-state index contributed by atoms with van der Waals surface area (Å²) in [5.74, 6) is 1.60. The Bertz CT molecular complexity index is 261. The van der Waals surface area contributed by atoms with Crippen molar-refractivity contribution < 1.29 is 4.79 Å². The summed E-state index contributed by atoms with van der Waals surface area (Å²) in [7, 11) is 0. The molecule has 3 nitrogen and oxygen atoms in total. The van der Waals surface area contributed by atoms with Crippen LogP contribution < -0.4 is 10.6 Å². The fourth-order valence-electron chi connectivity index (χ4n) is 3.21. The van der Waals surface area contributed by atoms with Gasteiger partial charge in [-0.25, -0.2) is 0 Å². The molecule has 3 heteroatoms. The minimum atomic E-state index is 0.0441. The second kappa shape index (κ2) is 5.85. The second-order valence-electron chi connectivity index (χ2n) is 5.98. The van der Waals surface area contributed by atoms with E-state index in [1.807, 2.05) is 0 Å². The van der Waals surface area contributed by atoms with Gasteiger partial charge in [-0.15, -0.1) is 0 Å². The summed E-state index contributed by atoms with van der Waals surface area (Å²) in [4.78, 5) is 12.1. The Labute approximate surface area is 105 Å². The maximum atomic E-state index is 12.1. The van der Waals surface area contributed by atoms with Crippen LogP contribution in [-0.4, -0.2) is 24.5 Å². The molecule has 2 rings (SSSR count). The third-order valence-electron chi connectivity index (χ3n) is 4.46. The zero-order valence-electron chi connectivity index (χ0n) is 11.2. The van der Waals surface area contributed by atoms with Crippen LogP contribution >= 0.6 is 0 Å². The predicted octanol–water partition coefficient (Wildman–Crippen LogP) is 2.07. The van der Waals surface area contributed by atoms with Crippen LogP contribution in [0, 0.1) is 11.8 Å². The second-order valence-corrected chi connectivity index (χ2v) is 5.98. The summed E-state index contributed by atoms with van der Waals surface area (Å²) in [5.41, 5.74) is 0. The molecule has 1 amide bonds. The Balaban J connectivity index is 1.79. The van der Waals surface area contributed by atoms with Crippen LogP contribution in [0.1, 0.15) is 52.4 Å². The van der Waals surface area contributed by atoms with E-state index >= 15 is 0 Å². The van der Waals surface area contributed by atoms with Crippen molar-refractivity contribution in [3.63, 3.8) is 0 Å². The number of carbonyl (C=O) groups is 1. The number of piperidine rings is 1. The van der Waals surface area contributed by atoms with E-state index in [9.17, 15) is 4.79 Å². The lowest BCUT2D eigenvalue weighted by Crippen LogP contribution is -2.51. The van der Waals surface area contributed by atoms with E-state index in [0.29, 0.717) is 17.9 Å². The fraction of sp³-hybridized carbons (Fsp3) is 0.929. The first-order chi connectivity index (χ1) is 8.16. The van der Waals surface area contributed by atoms with Crippen molar-refractivity contribution in [2.75, 3.05) is 6.54 Å². The number of amides is 1. The van der Waals surface area contributed by atoms with Gasteiger partial charge in [0.25, 0.3) is 0 Å². The zero-order chi connectivity index (χ0) is 12.3. The summed E-state index contributed by atoms with van der Waals surface area (Å²) < 4.78 is 0. The lowest BCUT2D eigenvalue weighted by atomic mass is 9.93. The third-order valence-corrected chi connectivity index (χ3v) is 4.46. The molecule has 3 atom stereocenters. The molecule has 0 aromatic carbocycles. The Hall–Kier alpha value is -0.570. The molecule has 1 saturated heterocycles. The molecule has 17 heavy (non-hydrogen) atoms. The van der Waals surface area contributed by atoms with Gasteiger partial charge < -0.3 is 10.6 Å². The van der Waals surface area contributed by atoms with Crippen molar-refractivity contribution in [3.8, 4) is 0 Å². The van der Waals surface area contributed by atoms with E-state index in [4.69, 9.17) is 0 Å². The Morgan fingerprint density at radius 2 is 2.00 bits per heavy atom. The first kappa shape index (κ1) is 12.9. The standard InChI is InChI=1S/C14H26N2O/c1-10-7-8-15-13(9-10)14(17)16-11(2)12-5-3-4-6-12/h10-13,15H,3-9H2,1-2H3,(H,16,17). The van der Waals surface area contributed by atoms with E-state index in [1.54, 1.807) is 0 Å². The lowest BCUT2D eigenvalue weighted by molar-refractivity contribution is -0.125. The third kappa shape index (κ3) is 3.44. The highest BCUT2D eigenvalue weighted by molar-refractivity contribution is 5.82. The molecule has 0 spiro atoms. The minimum absolute atomic E-state index is 0.0441. The van der Waals surface area contributed by atoms with Crippen molar-refractivity contribution in [2.45, 2.75) is 64.5 Å². The summed E-state index contributed by atoms with van der Waals surface area (Å²) in [6.07, 6.45) is 7.43. The van der Waals surface area contributed by atoms with Gasteiger partial charge in [0.15, 0.2) is 0 Å². The van der Waals surface area contributed by atoms with E-state index in [-0.39, 0.29) is 11.9 Å². The number of rotatable bonds is 3. The number of carbonyl (C=O) groups excluding carboxylic acids is 1. The highest BCUT2D eigenvalue weighted by Gasteiger charge is 2.28. The minimum Gasteiger partial charge on any atom is -0.352 e.